The molecule has 0 unspecified atom stereocenters. The summed E-state index contributed by atoms with van der Waals surface area (Å²) in [6.45, 7) is -0.471. The first-order valence-electron chi connectivity index (χ1n) is 4.42. The van der Waals surface area contributed by atoms with Gasteiger partial charge in [-0.05, 0) is 6.07 Å². The number of rotatable bonds is 4. The van der Waals surface area contributed by atoms with Crippen LogP contribution in [0.25, 0.3) is 0 Å². The van der Waals surface area contributed by atoms with Crippen LogP contribution in [-0.2, 0) is 4.79 Å². The lowest BCUT2D eigenvalue weighted by molar-refractivity contribution is -0.384. The monoisotopic (exact) mass is 241 g/mol. The number of non-ortho nitro benzene ring substituents is 1. The summed E-state index contributed by atoms with van der Waals surface area (Å²) in [7, 11) is 0. The van der Waals surface area contributed by atoms with Crippen molar-refractivity contribution in [3.63, 3.8) is 0 Å². The van der Waals surface area contributed by atoms with Crippen LogP contribution in [0.3, 0.4) is 0 Å². The molecule has 0 aliphatic rings. The van der Waals surface area contributed by atoms with Crippen molar-refractivity contribution >= 4 is 17.5 Å². The zero-order valence-electron chi connectivity index (χ0n) is 8.47. The van der Waals surface area contributed by atoms with Gasteiger partial charge in [0.05, 0.1) is 17.0 Å². The molecule has 1 aromatic rings. The fourth-order valence-electron chi connectivity index (χ4n) is 1.06. The number of benzene rings is 1. The summed E-state index contributed by atoms with van der Waals surface area (Å²) in [6, 6.07) is 2.52. The molecule has 17 heavy (non-hydrogen) atoms. The third-order valence-corrected chi connectivity index (χ3v) is 1.83. The van der Waals surface area contributed by atoms with Crippen molar-refractivity contribution in [2.75, 3.05) is 6.54 Å². The Labute approximate surface area is 94.6 Å². The number of nitrogens with one attached hydrogen (secondary N) is 1. The van der Waals surface area contributed by atoms with E-state index in [1.54, 1.807) is 0 Å². The van der Waals surface area contributed by atoms with Crippen LogP contribution in [0, 0.1) is 15.9 Å². The van der Waals surface area contributed by atoms with E-state index < -0.39 is 40.4 Å². The zero-order chi connectivity index (χ0) is 13.0. The number of nitro groups is 1. The van der Waals surface area contributed by atoms with Crippen LogP contribution >= 0.6 is 0 Å². The molecule has 0 aliphatic carbocycles. The second-order valence-corrected chi connectivity index (χ2v) is 3.07. The Morgan fingerprint density at radius 3 is 2.65 bits per heavy atom. The molecule has 7 nitrogen and oxygen atoms in total. The second kappa shape index (κ2) is 5.01. The molecule has 0 bridgehead atoms. The molecular formula is C9H8FN3O4. The topological polar surface area (TPSA) is 115 Å². The lowest BCUT2D eigenvalue weighted by Crippen LogP contribution is -2.33. The van der Waals surface area contributed by atoms with Crippen LogP contribution in [0.15, 0.2) is 18.2 Å². The molecule has 8 heteroatoms. The van der Waals surface area contributed by atoms with Gasteiger partial charge in [0.25, 0.3) is 11.6 Å². The number of halogens is 1. The summed E-state index contributed by atoms with van der Waals surface area (Å²) in [6.07, 6.45) is 0. The summed E-state index contributed by atoms with van der Waals surface area (Å²) in [4.78, 5) is 31.4. The molecule has 0 atom stereocenters. The van der Waals surface area contributed by atoms with Crippen LogP contribution in [0.1, 0.15) is 10.4 Å². The molecule has 0 radical (unpaired) electrons. The first-order valence-corrected chi connectivity index (χ1v) is 4.42. The molecule has 0 aromatic heterocycles. The predicted octanol–water partition coefficient (Wildman–Crippen LogP) is -0.0510. The van der Waals surface area contributed by atoms with Crippen molar-refractivity contribution < 1.29 is 18.9 Å². The van der Waals surface area contributed by atoms with Gasteiger partial charge in [-0.1, -0.05) is 0 Å². The van der Waals surface area contributed by atoms with Gasteiger partial charge in [0.1, 0.15) is 5.82 Å². The number of carbonyl (C=O) groups is 2. The standard InChI is InChI=1S/C9H8FN3O4/c10-7-2-1-5(13(16)17)3-6(7)9(15)12-4-8(11)14/h1-3H,4H2,(H2,11,14)(H,12,15). The van der Waals surface area contributed by atoms with Crippen LogP contribution in [0.4, 0.5) is 10.1 Å². The normalized spacial score (nSPS) is 9.71. The third kappa shape index (κ3) is 3.23. The highest BCUT2D eigenvalue weighted by Crippen LogP contribution is 2.16. The quantitative estimate of drug-likeness (QED) is 0.567. The first kappa shape index (κ1) is 12.6. The number of amides is 2. The molecule has 0 aliphatic heterocycles. The van der Waals surface area contributed by atoms with E-state index in [-0.39, 0.29) is 0 Å². The Balaban J connectivity index is 2.95. The fraction of sp³-hybridized carbons (Fsp3) is 0.111. The third-order valence-electron chi connectivity index (χ3n) is 1.83. The van der Waals surface area contributed by atoms with E-state index in [1.807, 2.05) is 5.32 Å². The van der Waals surface area contributed by atoms with E-state index >= 15 is 0 Å². The molecule has 0 fully saturated rings. The Hall–Kier alpha value is -2.51. The molecule has 1 aromatic carbocycles. The Morgan fingerprint density at radius 1 is 1.47 bits per heavy atom. The molecular weight excluding hydrogens is 233 g/mol. The van der Waals surface area contributed by atoms with Gasteiger partial charge in [0.15, 0.2) is 0 Å². The number of nitrogens with zero attached hydrogens (tertiary/aromatic N) is 1. The van der Waals surface area contributed by atoms with E-state index in [1.165, 1.54) is 0 Å². The van der Waals surface area contributed by atoms with E-state index in [0.29, 0.717) is 0 Å². The minimum Gasteiger partial charge on any atom is -0.368 e. The maximum atomic E-state index is 13.2. The number of primary amides is 1. The molecule has 0 spiro atoms. The molecule has 3 N–H and O–H groups in total. The number of hydrogen-bond donors (Lipinski definition) is 2. The van der Waals surface area contributed by atoms with E-state index in [0.717, 1.165) is 18.2 Å². The Bertz CT molecular complexity index is 489. The SMILES string of the molecule is NC(=O)CNC(=O)c1cc([N+](=O)[O-])ccc1F. The number of nitro benzene ring substituents is 1. The van der Waals surface area contributed by atoms with E-state index in [2.05, 4.69) is 0 Å². The average Bonchev–Trinajstić information content (AvgIpc) is 2.26. The maximum absolute atomic E-state index is 13.2. The highest BCUT2D eigenvalue weighted by Gasteiger charge is 2.16. The molecule has 2 amide bonds. The molecule has 0 heterocycles. The van der Waals surface area contributed by atoms with Crippen LogP contribution in [0.5, 0.6) is 0 Å². The summed E-state index contributed by atoms with van der Waals surface area (Å²) >= 11 is 0. The van der Waals surface area contributed by atoms with Crippen molar-refractivity contribution in [3.05, 3.63) is 39.7 Å². The number of hydrogen-bond acceptors (Lipinski definition) is 4. The lowest BCUT2D eigenvalue weighted by Gasteiger charge is -2.03. The van der Waals surface area contributed by atoms with E-state index in [9.17, 15) is 24.1 Å². The maximum Gasteiger partial charge on any atom is 0.270 e. The van der Waals surface area contributed by atoms with Gasteiger partial charge in [0, 0.05) is 12.1 Å². The molecule has 1 rings (SSSR count). The van der Waals surface area contributed by atoms with E-state index in [4.69, 9.17) is 5.73 Å². The summed E-state index contributed by atoms with van der Waals surface area (Å²) < 4.78 is 13.2. The predicted molar refractivity (Wildman–Crippen MR) is 54.6 cm³/mol. The molecule has 0 saturated carbocycles. The van der Waals surface area contributed by atoms with Crippen LogP contribution in [0.2, 0.25) is 0 Å². The summed E-state index contributed by atoms with van der Waals surface area (Å²) in [5.41, 5.74) is 3.85. The van der Waals surface area contributed by atoms with Crippen molar-refractivity contribution in [2.45, 2.75) is 0 Å². The van der Waals surface area contributed by atoms with Crippen LogP contribution in [-0.4, -0.2) is 23.3 Å². The van der Waals surface area contributed by atoms with Crippen molar-refractivity contribution in [1.29, 1.82) is 0 Å². The lowest BCUT2D eigenvalue weighted by atomic mass is 10.1. The highest BCUT2D eigenvalue weighted by atomic mass is 19.1. The minimum absolute atomic E-state index is 0.421. The Kier molecular flexibility index (Phi) is 3.70. The first-order chi connectivity index (χ1) is 7.91. The minimum atomic E-state index is -0.940. The van der Waals surface area contributed by atoms with Gasteiger partial charge in [-0.15, -0.1) is 0 Å². The van der Waals surface area contributed by atoms with Gasteiger partial charge in [0.2, 0.25) is 5.91 Å². The van der Waals surface area contributed by atoms with Gasteiger partial charge in [-0.3, -0.25) is 19.7 Å². The van der Waals surface area contributed by atoms with Crippen LogP contribution < -0.4 is 11.1 Å². The van der Waals surface area contributed by atoms with Crippen molar-refractivity contribution in [2.24, 2.45) is 5.73 Å². The van der Waals surface area contributed by atoms with Gasteiger partial charge in [-0.25, -0.2) is 4.39 Å². The Morgan fingerprint density at radius 2 is 2.12 bits per heavy atom. The van der Waals surface area contributed by atoms with Gasteiger partial charge in [-0.2, -0.15) is 0 Å². The number of carbonyl (C=O) groups excluding carboxylic acids is 2. The summed E-state index contributed by atoms with van der Waals surface area (Å²) in [5.74, 6) is -2.66. The summed E-state index contributed by atoms with van der Waals surface area (Å²) in [5, 5.41) is 12.5. The van der Waals surface area contributed by atoms with Gasteiger partial charge >= 0.3 is 0 Å². The van der Waals surface area contributed by atoms with Gasteiger partial charge < -0.3 is 11.1 Å². The molecule has 0 saturated heterocycles. The van der Waals surface area contributed by atoms with Crippen molar-refractivity contribution in [3.8, 4) is 0 Å². The second-order valence-electron chi connectivity index (χ2n) is 3.07. The number of nitrogens with two attached hydrogens (primary N) is 1. The zero-order valence-corrected chi connectivity index (χ0v) is 8.47. The molecule has 90 valence electrons. The van der Waals surface area contributed by atoms with Crippen molar-refractivity contribution in [1.82, 2.24) is 5.32 Å². The smallest absolute Gasteiger partial charge is 0.270 e. The average molecular weight is 241 g/mol. The largest absolute Gasteiger partial charge is 0.368 e. The highest BCUT2D eigenvalue weighted by molar-refractivity contribution is 5.97. The fourth-order valence-corrected chi connectivity index (χ4v) is 1.06.